The number of hydrogen-bond donors (Lipinski definition) is 2. The molecule has 0 atom stereocenters. The van der Waals surface area contributed by atoms with E-state index in [1.165, 1.54) is 17.8 Å². The van der Waals surface area contributed by atoms with Crippen molar-refractivity contribution in [1.29, 1.82) is 0 Å². The van der Waals surface area contributed by atoms with Crippen LogP contribution in [0.5, 0.6) is 5.75 Å². The van der Waals surface area contributed by atoms with Crippen LogP contribution >= 0.6 is 23.4 Å². The Morgan fingerprint density at radius 2 is 1.96 bits per heavy atom. The van der Waals surface area contributed by atoms with Gasteiger partial charge in [0.1, 0.15) is 5.75 Å². The van der Waals surface area contributed by atoms with Crippen molar-refractivity contribution in [3.63, 3.8) is 0 Å². The predicted octanol–water partition coefficient (Wildman–Crippen LogP) is 4.25. The first-order valence-electron chi connectivity index (χ1n) is 6.86. The molecule has 2 aromatic carbocycles. The molecule has 1 heterocycles. The summed E-state index contributed by atoms with van der Waals surface area (Å²) >= 11 is 7.14. The minimum absolute atomic E-state index is 0.0687. The van der Waals surface area contributed by atoms with Gasteiger partial charge in [-0.3, -0.25) is 4.79 Å². The third-order valence-corrected chi connectivity index (χ3v) is 4.34. The Balaban J connectivity index is 1.86. The first-order valence-corrected chi connectivity index (χ1v) is 8.05. The normalized spacial score (nSPS) is 17.7. The van der Waals surface area contributed by atoms with Gasteiger partial charge in [-0.15, -0.1) is 0 Å². The second kappa shape index (κ2) is 6.48. The van der Waals surface area contributed by atoms with Crippen molar-refractivity contribution in [2.75, 3.05) is 0 Å². The Labute approximate surface area is 142 Å². The van der Waals surface area contributed by atoms with Crippen LogP contribution in [0.15, 0.2) is 52.4 Å². The van der Waals surface area contributed by atoms with Gasteiger partial charge in [0.2, 0.25) is 0 Å². The second-order valence-electron chi connectivity index (χ2n) is 5.02. The zero-order valence-corrected chi connectivity index (χ0v) is 13.8. The van der Waals surface area contributed by atoms with E-state index in [9.17, 15) is 9.90 Å². The summed E-state index contributed by atoms with van der Waals surface area (Å²) in [6.45, 7) is 2.00. The van der Waals surface area contributed by atoms with Crippen molar-refractivity contribution in [3.05, 3.63) is 63.5 Å². The van der Waals surface area contributed by atoms with Crippen molar-refractivity contribution >= 4 is 46.2 Å². The lowest BCUT2D eigenvalue weighted by Gasteiger charge is -2.00. The number of aromatic hydroxyl groups is 1. The van der Waals surface area contributed by atoms with Crippen molar-refractivity contribution in [2.45, 2.75) is 6.92 Å². The van der Waals surface area contributed by atoms with E-state index in [0.717, 1.165) is 11.3 Å². The van der Waals surface area contributed by atoms with E-state index >= 15 is 0 Å². The minimum atomic E-state index is -0.250. The van der Waals surface area contributed by atoms with Crippen LogP contribution in [0.2, 0.25) is 5.02 Å². The molecule has 2 N–H and O–H groups in total. The Morgan fingerprint density at radius 3 is 2.70 bits per heavy atom. The van der Waals surface area contributed by atoms with Crippen LogP contribution in [-0.2, 0) is 4.79 Å². The molecule has 116 valence electrons. The number of phenolic OH excluding ortho intramolecular Hbond substituents is 1. The number of nitrogens with zero attached hydrogens (tertiary/aromatic N) is 1. The molecule has 0 spiro atoms. The van der Waals surface area contributed by atoms with Crippen molar-refractivity contribution < 1.29 is 9.90 Å². The molecule has 0 bridgehead atoms. The standard InChI is InChI=1S/C17H13ClN2O2S/c1-10-2-5-13(6-3-10)19-17-20-16(22)15(23-17)9-11-8-12(18)4-7-14(11)21/h2-9,21H,1H3,(H,19,20,22). The average Bonchev–Trinajstić information content (AvgIpc) is 2.85. The number of thioether (sulfide) groups is 1. The number of amidine groups is 1. The summed E-state index contributed by atoms with van der Waals surface area (Å²) in [5, 5.41) is 13.5. The van der Waals surface area contributed by atoms with Crippen molar-refractivity contribution in [1.82, 2.24) is 5.32 Å². The zero-order chi connectivity index (χ0) is 16.4. The number of hydrogen-bond acceptors (Lipinski definition) is 4. The highest BCUT2D eigenvalue weighted by atomic mass is 35.5. The van der Waals surface area contributed by atoms with Crippen LogP contribution < -0.4 is 5.32 Å². The summed E-state index contributed by atoms with van der Waals surface area (Å²) in [6.07, 6.45) is 1.60. The maximum atomic E-state index is 12.0. The summed E-state index contributed by atoms with van der Waals surface area (Å²) in [6, 6.07) is 12.4. The van der Waals surface area contributed by atoms with E-state index in [4.69, 9.17) is 11.6 Å². The van der Waals surface area contributed by atoms with E-state index in [0.29, 0.717) is 20.7 Å². The van der Waals surface area contributed by atoms with Gasteiger partial charge in [0.15, 0.2) is 5.17 Å². The number of carbonyl (C=O) groups excluding carboxylic acids is 1. The smallest absolute Gasteiger partial charge is 0.264 e. The van der Waals surface area contributed by atoms with Crippen LogP contribution in [0.4, 0.5) is 5.69 Å². The molecule has 1 amide bonds. The number of aryl methyl sites for hydroxylation is 1. The van der Waals surface area contributed by atoms with E-state index < -0.39 is 0 Å². The summed E-state index contributed by atoms with van der Waals surface area (Å²) < 4.78 is 0. The van der Waals surface area contributed by atoms with Gasteiger partial charge >= 0.3 is 0 Å². The fourth-order valence-electron chi connectivity index (χ4n) is 2.00. The molecule has 0 aromatic heterocycles. The lowest BCUT2D eigenvalue weighted by Crippen LogP contribution is -2.19. The largest absolute Gasteiger partial charge is 0.507 e. The Kier molecular flexibility index (Phi) is 4.41. The number of halogens is 1. The van der Waals surface area contributed by atoms with Crippen molar-refractivity contribution in [2.24, 2.45) is 4.99 Å². The van der Waals surface area contributed by atoms with E-state index in [1.807, 2.05) is 31.2 Å². The fourth-order valence-corrected chi connectivity index (χ4v) is 3.01. The third-order valence-electron chi connectivity index (χ3n) is 3.19. The number of rotatable bonds is 2. The molecule has 1 aliphatic heterocycles. The van der Waals surface area contributed by atoms with Crippen LogP contribution in [0.1, 0.15) is 11.1 Å². The number of aliphatic imine (C=N–C) groups is 1. The van der Waals surface area contributed by atoms with Gasteiger partial charge in [0, 0.05) is 10.6 Å². The van der Waals surface area contributed by atoms with E-state index in [2.05, 4.69) is 10.3 Å². The number of amides is 1. The maximum Gasteiger partial charge on any atom is 0.264 e. The van der Waals surface area contributed by atoms with Gasteiger partial charge in [-0.1, -0.05) is 29.3 Å². The molecule has 2 aromatic rings. The van der Waals surface area contributed by atoms with Crippen LogP contribution in [0, 0.1) is 6.92 Å². The van der Waals surface area contributed by atoms with Crippen LogP contribution in [0.25, 0.3) is 6.08 Å². The molecular weight excluding hydrogens is 332 g/mol. The van der Waals surface area contributed by atoms with Crippen LogP contribution in [0.3, 0.4) is 0 Å². The molecule has 23 heavy (non-hydrogen) atoms. The quantitative estimate of drug-likeness (QED) is 0.801. The summed E-state index contributed by atoms with van der Waals surface area (Å²) in [5.74, 6) is -0.181. The molecule has 4 nitrogen and oxygen atoms in total. The van der Waals surface area contributed by atoms with Gasteiger partial charge in [0.05, 0.1) is 10.6 Å². The molecular formula is C17H13ClN2O2S. The van der Waals surface area contributed by atoms with Gasteiger partial charge in [-0.2, -0.15) is 0 Å². The Morgan fingerprint density at radius 1 is 1.22 bits per heavy atom. The molecule has 0 unspecified atom stereocenters. The zero-order valence-electron chi connectivity index (χ0n) is 12.2. The third kappa shape index (κ3) is 3.75. The Bertz CT molecular complexity index is 829. The lowest BCUT2D eigenvalue weighted by molar-refractivity contribution is -0.115. The first kappa shape index (κ1) is 15.6. The fraction of sp³-hybridized carbons (Fsp3) is 0.0588. The summed E-state index contributed by atoms with van der Waals surface area (Å²) in [4.78, 5) is 16.9. The molecule has 1 fully saturated rings. The molecule has 3 rings (SSSR count). The topological polar surface area (TPSA) is 61.7 Å². The maximum absolute atomic E-state index is 12.0. The highest BCUT2D eigenvalue weighted by molar-refractivity contribution is 8.18. The summed E-state index contributed by atoms with van der Waals surface area (Å²) in [5.41, 5.74) is 2.41. The SMILES string of the molecule is Cc1ccc(N=C2NC(=O)C(=Cc3cc(Cl)ccc3O)S2)cc1. The van der Waals surface area contributed by atoms with E-state index in [-0.39, 0.29) is 11.7 Å². The lowest BCUT2D eigenvalue weighted by atomic mass is 10.2. The van der Waals surface area contributed by atoms with E-state index in [1.54, 1.807) is 18.2 Å². The minimum Gasteiger partial charge on any atom is -0.507 e. The molecule has 0 aliphatic carbocycles. The molecule has 1 saturated heterocycles. The second-order valence-corrected chi connectivity index (χ2v) is 6.49. The number of nitrogens with one attached hydrogen (secondary N) is 1. The average molecular weight is 345 g/mol. The number of carbonyl (C=O) groups is 1. The molecule has 1 aliphatic rings. The highest BCUT2D eigenvalue weighted by Crippen LogP contribution is 2.31. The highest BCUT2D eigenvalue weighted by Gasteiger charge is 2.24. The number of phenols is 1. The number of benzene rings is 2. The monoisotopic (exact) mass is 344 g/mol. The van der Waals surface area contributed by atoms with Gasteiger partial charge in [-0.25, -0.2) is 4.99 Å². The van der Waals surface area contributed by atoms with Crippen molar-refractivity contribution in [3.8, 4) is 5.75 Å². The van der Waals surface area contributed by atoms with Crippen LogP contribution in [-0.4, -0.2) is 16.2 Å². The predicted molar refractivity (Wildman–Crippen MR) is 95.1 cm³/mol. The molecule has 6 heteroatoms. The van der Waals surface area contributed by atoms with Gasteiger partial charge in [0.25, 0.3) is 5.91 Å². The molecule has 0 saturated carbocycles. The first-order chi connectivity index (χ1) is 11.0. The van der Waals surface area contributed by atoms with Gasteiger partial charge < -0.3 is 10.4 Å². The molecule has 0 radical (unpaired) electrons. The Hall–Kier alpha value is -2.24. The summed E-state index contributed by atoms with van der Waals surface area (Å²) in [7, 11) is 0. The van der Waals surface area contributed by atoms with Gasteiger partial charge in [-0.05, 0) is 55.1 Å².